The number of ether oxygens (including phenoxy) is 4. The summed E-state index contributed by atoms with van der Waals surface area (Å²) in [5.41, 5.74) is 0. The van der Waals surface area contributed by atoms with E-state index >= 15 is 0 Å². The second-order valence-corrected chi connectivity index (χ2v) is 32.7. The summed E-state index contributed by atoms with van der Waals surface area (Å²) in [6.07, 6.45) is 58.2. The molecule has 99 heavy (non-hydrogen) atoms. The summed E-state index contributed by atoms with van der Waals surface area (Å²) in [7, 11) is -9.92. The van der Waals surface area contributed by atoms with Gasteiger partial charge in [-0.1, -0.05) is 363 Å². The monoisotopic (exact) mass is 1450 g/mol. The summed E-state index contributed by atoms with van der Waals surface area (Å²) in [5.74, 6) is 0.230. The molecule has 3 N–H and O–H groups in total. The van der Waals surface area contributed by atoms with Gasteiger partial charge in [0.1, 0.15) is 19.3 Å². The molecule has 0 amide bonds. The zero-order valence-electron chi connectivity index (χ0n) is 65.0. The van der Waals surface area contributed by atoms with Crippen molar-refractivity contribution < 1.29 is 80.2 Å². The van der Waals surface area contributed by atoms with Gasteiger partial charge in [0, 0.05) is 25.7 Å². The van der Waals surface area contributed by atoms with Crippen LogP contribution in [0.4, 0.5) is 0 Å². The Morgan fingerprint density at radius 3 is 0.768 bits per heavy atom. The fourth-order valence-electron chi connectivity index (χ4n) is 12.2. The molecule has 4 unspecified atom stereocenters. The molecule has 0 aromatic heterocycles. The van der Waals surface area contributed by atoms with E-state index in [9.17, 15) is 43.2 Å². The second kappa shape index (κ2) is 70.4. The van der Waals surface area contributed by atoms with Gasteiger partial charge in [0.05, 0.1) is 26.4 Å². The lowest BCUT2D eigenvalue weighted by atomic mass is 9.99. The largest absolute Gasteiger partial charge is 0.472 e. The van der Waals surface area contributed by atoms with Crippen molar-refractivity contribution >= 4 is 39.5 Å². The standard InChI is InChI=1S/C80H156O17P2/c1-8-11-12-13-14-15-16-17-18-22-25-28-34-39-47-54-61-77(82)90-67-75(96-79(84)63-56-49-40-35-29-26-23-20-19-21-24-27-32-37-44-51-58-71(4)5)69-94-98(86,87)92-65-74(81)66-93-99(88,89)95-70-76(68-91-78(83)62-55-48-43-42-46-53-60-73(7)10-3)97-80(85)64-57-50-41-36-31-30-33-38-45-52-59-72(6)9-2/h71-76,81H,8-70H2,1-7H3,(H,86,87)(H,88,89)/t72?,73?,74-,75-,76-/m1/s1. The molecule has 0 rings (SSSR count). The molecule has 0 saturated heterocycles. The topological polar surface area (TPSA) is 237 Å². The predicted molar refractivity (Wildman–Crippen MR) is 405 cm³/mol. The molecular formula is C80H156O17P2. The molecule has 19 heteroatoms. The van der Waals surface area contributed by atoms with Crippen molar-refractivity contribution in [1.82, 2.24) is 0 Å². The van der Waals surface area contributed by atoms with Gasteiger partial charge in [-0.3, -0.25) is 37.3 Å². The summed E-state index contributed by atoms with van der Waals surface area (Å²) in [6, 6.07) is 0. The number of phosphoric ester groups is 2. The molecule has 0 aromatic rings. The number of phosphoric acid groups is 2. The summed E-state index contributed by atoms with van der Waals surface area (Å²) < 4.78 is 68.7. The summed E-state index contributed by atoms with van der Waals surface area (Å²) in [4.78, 5) is 73.0. The van der Waals surface area contributed by atoms with Crippen LogP contribution in [0.15, 0.2) is 0 Å². The number of hydrogen-bond donors (Lipinski definition) is 3. The summed E-state index contributed by atoms with van der Waals surface area (Å²) in [6.45, 7) is 11.9. The van der Waals surface area contributed by atoms with Crippen LogP contribution in [-0.2, 0) is 65.4 Å². The zero-order chi connectivity index (χ0) is 73.0. The molecule has 0 aromatic carbocycles. The number of carbonyl (C=O) groups excluding carboxylic acids is 4. The Morgan fingerprint density at radius 1 is 0.293 bits per heavy atom. The lowest BCUT2D eigenvalue weighted by molar-refractivity contribution is -0.161. The van der Waals surface area contributed by atoms with E-state index in [0.29, 0.717) is 25.7 Å². The third kappa shape index (κ3) is 71.5. The Bertz CT molecular complexity index is 1930. The van der Waals surface area contributed by atoms with Crippen LogP contribution >= 0.6 is 15.6 Å². The van der Waals surface area contributed by atoms with E-state index in [1.807, 2.05) is 0 Å². The van der Waals surface area contributed by atoms with E-state index in [4.69, 9.17) is 37.0 Å². The van der Waals surface area contributed by atoms with E-state index in [1.165, 1.54) is 218 Å². The second-order valence-electron chi connectivity index (χ2n) is 29.8. The minimum absolute atomic E-state index is 0.105. The molecule has 0 radical (unpaired) electrons. The van der Waals surface area contributed by atoms with Gasteiger partial charge in [-0.15, -0.1) is 0 Å². The number of rotatable bonds is 78. The van der Waals surface area contributed by atoms with Gasteiger partial charge < -0.3 is 33.8 Å². The molecule has 0 aliphatic carbocycles. The van der Waals surface area contributed by atoms with Crippen LogP contribution in [0.3, 0.4) is 0 Å². The van der Waals surface area contributed by atoms with E-state index < -0.39 is 97.5 Å². The van der Waals surface area contributed by atoms with Crippen molar-refractivity contribution in [2.24, 2.45) is 17.8 Å². The molecule has 0 fully saturated rings. The average molecular weight is 1450 g/mol. The van der Waals surface area contributed by atoms with Crippen LogP contribution in [0.5, 0.6) is 0 Å². The highest BCUT2D eigenvalue weighted by Crippen LogP contribution is 2.45. The maximum absolute atomic E-state index is 13.1. The maximum Gasteiger partial charge on any atom is 0.472 e. The van der Waals surface area contributed by atoms with Crippen molar-refractivity contribution in [3.63, 3.8) is 0 Å². The lowest BCUT2D eigenvalue weighted by Crippen LogP contribution is -2.30. The zero-order valence-corrected chi connectivity index (χ0v) is 66.8. The van der Waals surface area contributed by atoms with Crippen LogP contribution in [0, 0.1) is 17.8 Å². The molecule has 0 aliphatic heterocycles. The quantitative estimate of drug-likeness (QED) is 0.0222. The Morgan fingerprint density at radius 2 is 0.515 bits per heavy atom. The van der Waals surface area contributed by atoms with E-state index in [-0.39, 0.29) is 25.7 Å². The normalized spacial score (nSPS) is 14.5. The van der Waals surface area contributed by atoms with E-state index in [2.05, 4.69) is 48.5 Å². The molecule has 0 bridgehead atoms. The molecule has 0 heterocycles. The Kier molecular flexibility index (Phi) is 69.0. The number of hydrogen-bond acceptors (Lipinski definition) is 15. The number of unbranched alkanes of at least 4 members (excludes halogenated alkanes) is 44. The van der Waals surface area contributed by atoms with Crippen LogP contribution in [0.1, 0.15) is 414 Å². The van der Waals surface area contributed by atoms with Crippen molar-refractivity contribution in [3.05, 3.63) is 0 Å². The van der Waals surface area contributed by atoms with Crippen molar-refractivity contribution in [2.75, 3.05) is 39.6 Å². The summed E-state index contributed by atoms with van der Waals surface area (Å²) >= 11 is 0. The third-order valence-corrected chi connectivity index (χ3v) is 21.3. The van der Waals surface area contributed by atoms with Gasteiger partial charge in [0.25, 0.3) is 0 Å². The number of aliphatic hydroxyl groups is 1. The molecule has 588 valence electrons. The minimum Gasteiger partial charge on any atom is -0.462 e. The lowest BCUT2D eigenvalue weighted by Gasteiger charge is -2.21. The van der Waals surface area contributed by atoms with E-state index in [1.54, 1.807) is 0 Å². The smallest absolute Gasteiger partial charge is 0.462 e. The Labute approximate surface area is 607 Å². The van der Waals surface area contributed by atoms with Crippen molar-refractivity contribution in [2.45, 2.75) is 433 Å². The maximum atomic E-state index is 13.1. The first-order chi connectivity index (χ1) is 47.8. The van der Waals surface area contributed by atoms with Crippen LogP contribution in [0.2, 0.25) is 0 Å². The highest BCUT2D eigenvalue weighted by Gasteiger charge is 2.30. The number of aliphatic hydroxyl groups excluding tert-OH is 1. The highest BCUT2D eigenvalue weighted by molar-refractivity contribution is 7.47. The number of carbonyl (C=O) groups is 4. The van der Waals surface area contributed by atoms with Crippen molar-refractivity contribution in [3.8, 4) is 0 Å². The van der Waals surface area contributed by atoms with E-state index in [0.717, 1.165) is 114 Å². The molecule has 0 aliphatic rings. The number of esters is 4. The molecule has 0 spiro atoms. The van der Waals surface area contributed by atoms with Crippen LogP contribution in [-0.4, -0.2) is 96.7 Å². The average Bonchev–Trinajstić information content (AvgIpc) is 1.05. The SMILES string of the molecule is CCCCCCCCCCCCCCCCCCC(=O)OC[C@H](COP(=O)(O)OC[C@@H](O)COP(=O)(O)OC[C@@H](COC(=O)CCCCCCCCC(C)CC)OC(=O)CCCCCCCCCCCCC(C)CC)OC(=O)CCCCCCCCCCCCCCCCCCC(C)C. The van der Waals surface area contributed by atoms with Crippen LogP contribution < -0.4 is 0 Å². The predicted octanol–water partition coefficient (Wildman–Crippen LogP) is 23.7. The Hall–Kier alpha value is -1.94. The fourth-order valence-corrected chi connectivity index (χ4v) is 13.8. The highest BCUT2D eigenvalue weighted by atomic mass is 31.2. The third-order valence-electron chi connectivity index (χ3n) is 19.4. The van der Waals surface area contributed by atoms with Gasteiger partial charge >= 0.3 is 39.5 Å². The molecule has 17 nitrogen and oxygen atoms in total. The van der Waals surface area contributed by atoms with Gasteiger partial charge in [-0.25, -0.2) is 9.13 Å². The minimum atomic E-state index is -4.96. The van der Waals surface area contributed by atoms with Gasteiger partial charge in [0.2, 0.25) is 0 Å². The van der Waals surface area contributed by atoms with Gasteiger partial charge in [0.15, 0.2) is 12.2 Å². The fraction of sp³-hybridized carbons (Fsp3) is 0.950. The molecule has 7 atom stereocenters. The Balaban J connectivity index is 5.25. The first kappa shape index (κ1) is 97.1. The van der Waals surface area contributed by atoms with Gasteiger partial charge in [-0.2, -0.15) is 0 Å². The first-order valence-electron chi connectivity index (χ1n) is 41.4. The van der Waals surface area contributed by atoms with Crippen LogP contribution in [0.25, 0.3) is 0 Å². The van der Waals surface area contributed by atoms with Gasteiger partial charge in [-0.05, 0) is 43.4 Å². The molecular weight excluding hydrogens is 1290 g/mol. The first-order valence-corrected chi connectivity index (χ1v) is 44.4. The summed E-state index contributed by atoms with van der Waals surface area (Å²) in [5, 5.41) is 10.6. The molecule has 0 saturated carbocycles. The van der Waals surface area contributed by atoms with Crippen molar-refractivity contribution in [1.29, 1.82) is 0 Å².